The molecule has 2 aromatic carbocycles. The van der Waals surface area contributed by atoms with Crippen LogP contribution in [0.5, 0.6) is 0 Å². The van der Waals surface area contributed by atoms with Crippen LogP contribution in [0, 0.1) is 12.8 Å². The standard InChI is InChI=1S/C21H21N3O2/c1-14-8-10-15(11-9-14)18-17-19(23-13-5-12-22(18)23)21(26)24(20(17)25)16-6-3-2-4-7-16/h2-4,6-11,17-19H,5,12-13H2,1H3/t17-,18-,19-/m0/s1. The molecule has 5 rings (SSSR count). The van der Waals surface area contributed by atoms with Crippen molar-refractivity contribution in [1.82, 2.24) is 10.0 Å². The summed E-state index contributed by atoms with van der Waals surface area (Å²) in [5, 5.41) is 4.39. The molecule has 0 aromatic heterocycles. The summed E-state index contributed by atoms with van der Waals surface area (Å²) < 4.78 is 0. The van der Waals surface area contributed by atoms with Crippen molar-refractivity contribution < 1.29 is 9.59 Å². The Morgan fingerprint density at radius 1 is 0.808 bits per heavy atom. The fraction of sp³-hybridized carbons (Fsp3) is 0.333. The molecule has 0 spiro atoms. The number of anilines is 1. The maximum atomic E-state index is 13.3. The van der Waals surface area contributed by atoms with Crippen molar-refractivity contribution in [2.75, 3.05) is 18.0 Å². The molecule has 3 atom stereocenters. The van der Waals surface area contributed by atoms with Crippen LogP contribution in [0.25, 0.3) is 0 Å². The number of fused-ring (bicyclic) bond motifs is 3. The molecule has 5 nitrogen and oxygen atoms in total. The highest BCUT2D eigenvalue weighted by Gasteiger charge is 2.62. The van der Waals surface area contributed by atoms with E-state index in [0.717, 1.165) is 25.1 Å². The highest BCUT2D eigenvalue weighted by molar-refractivity contribution is 6.24. The second kappa shape index (κ2) is 5.76. The smallest absolute Gasteiger partial charge is 0.253 e. The molecule has 0 radical (unpaired) electrons. The molecule has 26 heavy (non-hydrogen) atoms. The number of carbonyl (C=O) groups is 2. The Morgan fingerprint density at radius 2 is 1.46 bits per heavy atom. The van der Waals surface area contributed by atoms with E-state index in [9.17, 15) is 9.59 Å². The maximum Gasteiger partial charge on any atom is 0.253 e. The van der Waals surface area contributed by atoms with E-state index in [1.54, 1.807) is 0 Å². The molecule has 2 aromatic rings. The van der Waals surface area contributed by atoms with Gasteiger partial charge in [-0.1, -0.05) is 48.0 Å². The van der Waals surface area contributed by atoms with Gasteiger partial charge < -0.3 is 0 Å². The zero-order valence-corrected chi connectivity index (χ0v) is 14.7. The Balaban J connectivity index is 1.59. The maximum absolute atomic E-state index is 13.3. The van der Waals surface area contributed by atoms with Crippen LogP contribution in [0.1, 0.15) is 23.6 Å². The monoisotopic (exact) mass is 347 g/mol. The van der Waals surface area contributed by atoms with Crippen molar-refractivity contribution in [3.8, 4) is 0 Å². The molecule has 3 saturated heterocycles. The van der Waals surface area contributed by atoms with E-state index in [4.69, 9.17) is 0 Å². The van der Waals surface area contributed by atoms with Crippen LogP contribution in [0.2, 0.25) is 0 Å². The van der Waals surface area contributed by atoms with Crippen LogP contribution in [0.15, 0.2) is 54.6 Å². The van der Waals surface area contributed by atoms with Crippen molar-refractivity contribution in [3.63, 3.8) is 0 Å². The topological polar surface area (TPSA) is 43.9 Å². The summed E-state index contributed by atoms with van der Waals surface area (Å²) in [5.74, 6) is -0.510. The van der Waals surface area contributed by atoms with Gasteiger partial charge >= 0.3 is 0 Å². The van der Waals surface area contributed by atoms with E-state index in [1.807, 2.05) is 30.3 Å². The van der Waals surface area contributed by atoms with Crippen LogP contribution in [-0.4, -0.2) is 41.0 Å². The Labute approximate surface area is 152 Å². The molecule has 5 heteroatoms. The lowest BCUT2D eigenvalue weighted by atomic mass is 9.89. The number of hydrogen-bond acceptors (Lipinski definition) is 4. The third-order valence-electron chi connectivity index (χ3n) is 5.84. The van der Waals surface area contributed by atoms with E-state index >= 15 is 0 Å². The second-order valence-electron chi connectivity index (χ2n) is 7.35. The molecule has 0 aliphatic carbocycles. The van der Waals surface area contributed by atoms with E-state index in [1.165, 1.54) is 10.5 Å². The lowest BCUT2D eigenvalue weighted by Gasteiger charge is -2.29. The summed E-state index contributed by atoms with van der Waals surface area (Å²) in [7, 11) is 0. The summed E-state index contributed by atoms with van der Waals surface area (Å²) in [6.45, 7) is 3.80. The number of hydrazine groups is 1. The first-order chi connectivity index (χ1) is 12.7. The Hall–Kier alpha value is -2.50. The molecule has 0 unspecified atom stereocenters. The zero-order chi connectivity index (χ0) is 17.8. The number of carbonyl (C=O) groups excluding carboxylic acids is 2. The SMILES string of the molecule is Cc1ccc([C@H]2[C@@H]3C(=O)N(c4ccccc4)C(=O)[C@H]3N3CCCN23)cc1. The number of para-hydroxylation sites is 1. The molecule has 0 bridgehead atoms. The third kappa shape index (κ3) is 2.11. The van der Waals surface area contributed by atoms with Gasteiger partial charge in [-0.15, -0.1) is 0 Å². The van der Waals surface area contributed by atoms with Gasteiger partial charge in [-0.3, -0.25) is 9.59 Å². The van der Waals surface area contributed by atoms with Gasteiger partial charge in [-0.2, -0.15) is 0 Å². The van der Waals surface area contributed by atoms with Gasteiger partial charge in [-0.25, -0.2) is 14.9 Å². The van der Waals surface area contributed by atoms with E-state index in [0.29, 0.717) is 5.69 Å². The molecule has 2 amide bonds. The number of nitrogens with zero attached hydrogens (tertiary/aromatic N) is 3. The minimum absolute atomic E-state index is 0.0618. The highest BCUT2D eigenvalue weighted by Crippen LogP contribution is 2.48. The quantitative estimate of drug-likeness (QED) is 0.783. The molecule has 3 aliphatic rings. The van der Waals surface area contributed by atoms with Crippen LogP contribution >= 0.6 is 0 Å². The molecule has 3 aliphatic heterocycles. The molecule has 0 N–H and O–H groups in total. The number of aryl methyl sites for hydroxylation is 1. The van der Waals surface area contributed by atoms with E-state index in [-0.39, 0.29) is 29.8 Å². The van der Waals surface area contributed by atoms with Gasteiger partial charge in [0.05, 0.1) is 17.6 Å². The Bertz CT molecular complexity index is 865. The van der Waals surface area contributed by atoms with Crippen molar-refractivity contribution in [3.05, 3.63) is 65.7 Å². The third-order valence-corrected chi connectivity index (χ3v) is 5.84. The van der Waals surface area contributed by atoms with Crippen LogP contribution in [0.4, 0.5) is 5.69 Å². The first-order valence-corrected chi connectivity index (χ1v) is 9.19. The largest absolute Gasteiger partial charge is 0.274 e. The van der Waals surface area contributed by atoms with Crippen molar-refractivity contribution in [1.29, 1.82) is 0 Å². The van der Waals surface area contributed by atoms with Crippen LogP contribution in [0.3, 0.4) is 0 Å². The van der Waals surface area contributed by atoms with Crippen molar-refractivity contribution in [2.24, 2.45) is 5.92 Å². The fourth-order valence-corrected chi connectivity index (χ4v) is 4.71. The van der Waals surface area contributed by atoms with Crippen molar-refractivity contribution in [2.45, 2.75) is 25.4 Å². The number of benzene rings is 2. The van der Waals surface area contributed by atoms with Gasteiger partial charge in [-0.05, 0) is 31.0 Å². The summed E-state index contributed by atoms with van der Waals surface area (Å²) >= 11 is 0. The van der Waals surface area contributed by atoms with E-state index < -0.39 is 0 Å². The summed E-state index contributed by atoms with van der Waals surface area (Å²) in [5.41, 5.74) is 2.98. The van der Waals surface area contributed by atoms with Crippen LogP contribution < -0.4 is 4.90 Å². The lowest BCUT2D eigenvalue weighted by molar-refractivity contribution is -0.126. The molecular formula is C21H21N3O2. The average Bonchev–Trinajstić information content (AvgIpc) is 3.29. The highest BCUT2D eigenvalue weighted by atomic mass is 16.2. The number of hydrogen-bond donors (Lipinski definition) is 0. The predicted molar refractivity (Wildman–Crippen MR) is 98.2 cm³/mol. The molecule has 0 saturated carbocycles. The molecule has 3 fully saturated rings. The first-order valence-electron chi connectivity index (χ1n) is 9.19. The van der Waals surface area contributed by atoms with Gasteiger partial charge in [0, 0.05) is 13.1 Å². The van der Waals surface area contributed by atoms with Gasteiger partial charge in [0.2, 0.25) is 5.91 Å². The van der Waals surface area contributed by atoms with E-state index in [2.05, 4.69) is 41.2 Å². The normalized spacial score (nSPS) is 28.7. The lowest BCUT2D eigenvalue weighted by Crippen LogP contribution is -2.44. The Morgan fingerprint density at radius 3 is 2.15 bits per heavy atom. The molecular weight excluding hydrogens is 326 g/mol. The summed E-state index contributed by atoms with van der Waals surface area (Å²) in [6, 6.07) is 17.2. The van der Waals surface area contributed by atoms with Gasteiger partial charge in [0.25, 0.3) is 5.91 Å². The molecule has 132 valence electrons. The van der Waals surface area contributed by atoms with Crippen molar-refractivity contribution >= 4 is 17.5 Å². The predicted octanol–water partition coefficient (Wildman–Crippen LogP) is 2.53. The second-order valence-corrected chi connectivity index (χ2v) is 7.35. The average molecular weight is 347 g/mol. The minimum atomic E-state index is -0.378. The van der Waals surface area contributed by atoms with Gasteiger partial charge in [0.15, 0.2) is 0 Å². The number of amides is 2. The fourth-order valence-electron chi connectivity index (χ4n) is 4.71. The number of imide groups is 1. The summed E-state index contributed by atoms with van der Waals surface area (Å²) in [6.07, 6.45) is 1.03. The minimum Gasteiger partial charge on any atom is -0.274 e. The van der Waals surface area contributed by atoms with Crippen LogP contribution in [-0.2, 0) is 9.59 Å². The Kier molecular flexibility index (Phi) is 3.48. The molecule has 3 heterocycles. The van der Waals surface area contributed by atoms with Gasteiger partial charge in [0.1, 0.15) is 6.04 Å². The summed E-state index contributed by atoms with van der Waals surface area (Å²) in [4.78, 5) is 27.9. The zero-order valence-electron chi connectivity index (χ0n) is 14.7. The first kappa shape index (κ1) is 15.7. The number of rotatable bonds is 2.